The summed E-state index contributed by atoms with van der Waals surface area (Å²) in [5, 5.41) is 16.4. The molecule has 2 aliphatic rings. The van der Waals surface area contributed by atoms with Gasteiger partial charge in [-0.05, 0) is 49.5 Å². The van der Waals surface area contributed by atoms with Crippen LogP contribution in [0.25, 0.3) is 11.1 Å². The van der Waals surface area contributed by atoms with Crippen molar-refractivity contribution in [2.45, 2.75) is 65.5 Å². The highest BCUT2D eigenvalue weighted by atomic mass is 19.1. The highest BCUT2D eigenvalue weighted by molar-refractivity contribution is 6.10. The lowest BCUT2D eigenvalue weighted by atomic mass is 9.91. The average molecular weight is 644 g/mol. The Morgan fingerprint density at radius 1 is 1.11 bits per heavy atom. The summed E-state index contributed by atoms with van der Waals surface area (Å²) >= 11 is 0. The van der Waals surface area contributed by atoms with Gasteiger partial charge in [-0.1, -0.05) is 53.0 Å². The molecule has 2 unspecified atom stereocenters. The van der Waals surface area contributed by atoms with Gasteiger partial charge in [0.2, 0.25) is 5.91 Å². The van der Waals surface area contributed by atoms with Gasteiger partial charge in [-0.15, -0.1) is 0 Å². The lowest BCUT2D eigenvalue weighted by molar-refractivity contribution is -0.130. The first kappa shape index (κ1) is 33.6. The summed E-state index contributed by atoms with van der Waals surface area (Å²) in [5.41, 5.74) is 3.14. The fourth-order valence-electron chi connectivity index (χ4n) is 6.54. The molecule has 0 spiro atoms. The third kappa shape index (κ3) is 6.06. The number of ether oxygens (including phenoxy) is 1. The van der Waals surface area contributed by atoms with E-state index in [9.17, 15) is 10.2 Å². The summed E-state index contributed by atoms with van der Waals surface area (Å²) in [5.74, 6) is -1.38. The Morgan fingerprint density at radius 3 is 2.40 bits per heavy atom. The monoisotopic (exact) mass is 643 g/mol. The van der Waals surface area contributed by atoms with Gasteiger partial charge in [-0.25, -0.2) is 18.7 Å². The number of anilines is 3. The first-order valence-electron chi connectivity index (χ1n) is 15.9. The van der Waals surface area contributed by atoms with Crippen molar-refractivity contribution in [2.24, 2.45) is 0 Å². The molecular formula is C36H43F2N7O2. The molecule has 3 N–H and O–H groups in total. The predicted molar refractivity (Wildman–Crippen MR) is 183 cm³/mol. The molecule has 248 valence electrons. The third-order valence-electron chi connectivity index (χ3n) is 8.86. The second-order valence-corrected chi connectivity index (χ2v) is 12.7. The second-order valence-electron chi connectivity index (χ2n) is 12.7. The molecule has 0 saturated carbocycles. The molecule has 47 heavy (non-hydrogen) atoms. The molecule has 2 aliphatic heterocycles. The van der Waals surface area contributed by atoms with Crippen molar-refractivity contribution in [1.82, 2.24) is 19.8 Å². The van der Waals surface area contributed by atoms with Gasteiger partial charge in [0.05, 0.1) is 45.6 Å². The number of fused-ring (bicyclic) bond motifs is 2. The largest absolute Gasteiger partial charge is 0.489 e. The van der Waals surface area contributed by atoms with Crippen LogP contribution in [-0.4, -0.2) is 69.8 Å². The number of hydrogen-bond donors (Lipinski definition) is 3. The lowest BCUT2D eigenvalue weighted by Gasteiger charge is -2.45. The topological polar surface area (TPSA) is 106 Å². The van der Waals surface area contributed by atoms with E-state index in [1.54, 1.807) is 24.0 Å². The quantitative estimate of drug-likeness (QED) is 0.168. The summed E-state index contributed by atoms with van der Waals surface area (Å²) in [6, 6.07) is 3.88. The number of benzene rings is 2. The van der Waals surface area contributed by atoms with Crippen molar-refractivity contribution in [3.05, 3.63) is 84.0 Å². The van der Waals surface area contributed by atoms with Gasteiger partial charge in [-0.2, -0.15) is 0 Å². The zero-order valence-electron chi connectivity index (χ0n) is 27.9. The van der Waals surface area contributed by atoms with E-state index in [0.717, 1.165) is 0 Å². The molecule has 3 aromatic rings. The van der Waals surface area contributed by atoms with E-state index in [0.29, 0.717) is 53.5 Å². The van der Waals surface area contributed by atoms with Crippen LogP contribution in [0, 0.1) is 24.0 Å². The number of nitrogens with zero attached hydrogens (tertiary/aromatic N) is 4. The summed E-state index contributed by atoms with van der Waals surface area (Å²) < 4.78 is 39.2. The molecule has 1 fully saturated rings. The predicted octanol–water partition coefficient (Wildman–Crippen LogP) is 7.12. The third-order valence-corrected chi connectivity index (χ3v) is 8.86. The van der Waals surface area contributed by atoms with Crippen LogP contribution < -0.4 is 15.4 Å². The Balaban J connectivity index is 1.80. The molecule has 2 aromatic carbocycles. The maximum atomic E-state index is 17.5. The molecule has 2 atom stereocenters. The SMILES string of the molecule is C=CCOc1cccc(F)c1-c1c(C)c2c(c(Nc3c(C(C)C)ncnc3C(C)C)c1F)C(=N)N1CC(C)N(C(=O)C=C)CC1CN2. The van der Waals surface area contributed by atoms with Crippen LogP contribution in [0.4, 0.5) is 25.8 Å². The Morgan fingerprint density at radius 2 is 1.79 bits per heavy atom. The van der Waals surface area contributed by atoms with Crippen molar-refractivity contribution < 1.29 is 18.3 Å². The summed E-state index contributed by atoms with van der Waals surface area (Å²) in [6.45, 7) is 20.1. The number of halogens is 2. The van der Waals surface area contributed by atoms with Gasteiger partial charge >= 0.3 is 0 Å². The number of aromatic nitrogens is 2. The smallest absolute Gasteiger partial charge is 0.246 e. The molecule has 9 nitrogen and oxygen atoms in total. The van der Waals surface area contributed by atoms with Crippen molar-refractivity contribution >= 4 is 28.8 Å². The number of carbonyl (C=O) groups excluding carboxylic acids is 1. The van der Waals surface area contributed by atoms with E-state index < -0.39 is 11.6 Å². The number of nitrogens with one attached hydrogen (secondary N) is 3. The van der Waals surface area contributed by atoms with Crippen LogP contribution in [0.3, 0.4) is 0 Å². The number of hydrogen-bond acceptors (Lipinski definition) is 7. The molecule has 0 radical (unpaired) electrons. The van der Waals surface area contributed by atoms with Gasteiger partial charge in [0.1, 0.15) is 30.3 Å². The maximum absolute atomic E-state index is 17.5. The summed E-state index contributed by atoms with van der Waals surface area (Å²) in [7, 11) is 0. The van der Waals surface area contributed by atoms with Crippen LogP contribution in [0.2, 0.25) is 0 Å². The van der Waals surface area contributed by atoms with E-state index in [-0.39, 0.29) is 64.8 Å². The molecule has 11 heteroatoms. The van der Waals surface area contributed by atoms with E-state index >= 15 is 8.78 Å². The molecule has 0 aliphatic carbocycles. The lowest BCUT2D eigenvalue weighted by Crippen LogP contribution is -2.61. The number of amidine groups is 1. The van der Waals surface area contributed by atoms with Gasteiger partial charge in [0, 0.05) is 31.2 Å². The Kier molecular flexibility index (Phi) is 9.65. The van der Waals surface area contributed by atoms with Crippen LogP contribution in [-0.2, 0) is 4.79 Å². The van der Waals surface area contributed by atoms with E-state index in [4.69, 9.17) is 4.74 Å². The minimum atomic E-state index is -0.735. The van der Waals surface area contributed by atoms with Crippen LogP contribution >= 0.6 is 0 Å². The van der Waals surface area contributed by atoms with Crippen LogP contribution in [0.1, 0.15) is 69.0 Å². The number of piperazine rings is 1. The number of rotatable bonds is 9. The minimum absolute atomic E-state index is 0.00697. The molecule has 1 aromatic heterocycles. The zero-order valence-corrected chi connectivity index (χ0v) is 27.9. The second kappa shape index (κ2) is 13.5. The van der Waals surface area contributed by atoms with Crippen LogP contribution in [0.5, 0.6) is 5.75 Å². The van der Waals surface area contributed by atoms with Crippen molar-refractivity contribution in [3.63, 3.8) is 0 Å². The normalized spacial score (nSPS) is 17.5. The minimum Gasteiger partial charge on any atom is -0.489 e. The molecule has 5 rings (SSSR count). The fourth-order valence-corrected chi connectivity index (χ4v) is 6.54. The fraction of sp³-hybridized carbons (Fsp3) is 0.389. The van der Waals surface area contributed by atoms with Gasteiger partial charge < -0.3 is 25.2 Å². The Labute approximate surface area is 275 Å². The molecular weight excluding hydrogens is 600 g/mol. The van der Waals surface area contributed by atoms with Crippen molar-refractivity contribution in [1.29, 1.82) is 5.41 Å². The highest BCUT2D eigenvalue weighted by Gasteiger charge is 2.40. The van der Waals surface area contributed by atoms with E-state index in [1.807, 2.05) is 39.5 Å². The number of carbonyl (C=O) groups is 1. The van der Waals surface area contributed by atoms with Crippen LogP contribution in [0.15, 0.2) is 49.8 Å². The first-order valence-corrected chi connectivity index (χ1v) is 15.9. The van der Waals surface area contributed by atoms with Gasteiger partial charge in [-0.3, -0.25) is 10.2 Å². The van der Waals surface area contributed by atoms with E-state index in [1.165, 1.54) is 24.5 Å². The highest BCUT2D eigenvalue weighted by Crippen LogP contribution is 2.47. The zero-order chi connectivity index (χ0) is 34.2. The molecule has 3 heterocycles. The van der Waals surface area contributed by atoms with Crippen molar-refractivity contribution in [3.8, 4) is 16.9 Å². The summed E-state index contributed by atoms with van der Waals surface area (Å²) in [6.07, 6.45) is 4.35. The average Bonchev–Trinajstić information content (AvgIpc) is 3.18. The molecule has 1 amide bonds. The maximum Gasteiger partial charge on any atom is 0.246 e. The summed E-state index contributed by atoms with van der Waals surface area (Å²) in [4.78, 5) is 25.5. The standard InChI is InChI=1S/C36H43F2N7O2/c1-9-14-47-25-13-11-12-24(37)28(25)27-22(8)33-29(36(39)45-16-21(7)44(26(46)10-2)17-23(45)15-40-33)34(30(27)38)43-35-31(19(3)4)41-18-42-32(35)20(5)6/h9-13,18-21,23,39-40,43H,1-2,14-17H2,3-8H3. The number of amides is 1. The Bertz CT molecular complexity index is 1710. The first-order chi connectivity index (χ1) is 22.4. The molecule has 0 bridgehead atoms. The van der Waals surface area contributed by atoms with Gasteiger partial charge in [0.25, 0.3) is 0 Å². The molecule has 1 saturated heterocycles. The van der Waals surface area contributed by atoms with Crippen molar-refractivity contribution in [2.75, 3.05) is 36.9 Å². The van der Waals surface area contributed by atoms with E-state index in [2.05, 4.69) is 33.8 Å². The Hall–Kier alpha value is -4.80. The van der Waals surface area contributed by atoms with Gasteiger partial charge in [0.15, 0.2) is 5.82 Å².